The minimum Gasteiger partial charge on any atom is -0.321 e. The van der Waals surface area contributed by atoms with Gasteiger partial charge in [0.25, 0.3) is 0 Å². The van der Waals surface area contributed by atoms with Crippen LogP contribution in [0.5, 0.6) is 0 Å². The van der Waals surface area contributed by atoms with Gasteiger partial charge in [-0.1, -0.05) is 18.1 Å². The van der Waals surface area contributed by atoms with E-state index in [1.807, 2.05) is 6.92 Å². The fourth-order valence-corrected chi connectivity index (χ4v) is 7.26. The van der Waals surface area contributed by atoms with Crippen LogP contribution in [0, 0.1) is 29.1 Å². The van der Waals surface area contributed by atoms with Crippen molar-refractivity contribution in [3.05, 3.63) is 11.1 Å². The largest absolute Gasteiger partial charge is 0.321 e. The van der Waals surface area contributed by atoms with Crippen LogP contribution in [0.3, 0.4) is 0 Å². The molecule has 2 N–H and O–H groups in total. The maximum atomic E-state index is 12.1. The average Bonchev–Trinajstić information content (AvgIpc) is 2.96. The van der Waals surface area contributed by atoms with Gasteiger partial charge in [-0.05, 0) is 88.4 Å². The lowest BCUT2D eigenvalue weighted by Gasteiger charge is -2.56. The summed E-state index contributed by atoms with van der Waals surface area (Å²) in [6.45, 7) is 6.54. The molecule has 0 aromatic carbocycles. The Morgan fingerprint density at radius 2 is 1.86 bits per heavy atom. The van der Waals surface area contributed by atoms with E-state index in [1.165, 1.54) is 44.9 Å². The summed E-state index contributed by atoms with van der Waals surface area (Å²) in [6.07, 6.45) is 9.78. The Balaban J connectivity index is 1.68. The van der Waals surface area contributed by atoms with Gasteiger partial charge in [0.15, 0.2) is 0 Å². The summed E-state index contributed by atoms with van der Waals surface area (Å²) in [5.74, 6) is 2.93. The van der Waals surface area contributed by atoms with E-state index >= 15 is 0 Å². The lowest BCUT2D eigenvalue weighted by atomic mass is 9.50. The van der Waals surface area contributed by atoms with E-state index < -0.39 is 0 Å². The highest BCUT2D eigenvalue weighted by molar-refractivity contribution is 5.79. The van der Waals surface area contributed by atoms with Crippen LogP contribution in [0.4, 0.5) is 0 Å². The van der Waals surface area contributed by atoms with Crippen molar-refractivity contribution >= 4 is 5.78 Å². The van der Waals surface area contributed by atoms with Crippen LogP contribution in [0.15, 0.2) is 11.1 Å². The van der Waals surface area contributed by atoms with Crippen molar-refractivity contribution in [3.63, 3.8) is 0 Å². The Labute approximate surface area is 134 Å². The molecule has 4 aliphatic rings. The summed E-state index contributed by atoms with van der Waals surface area (Å²) in [7, 11) is 0. The van der Waals surface area contributed by atoms with Gasteiger partial charge in [-0.2, -0.15) is 0 Å². The molecule has 0 radical (unpaired) electrons. The minimum atomic E-state index is 0.00262. The number of hydrogen-bond acceptors (Lipinski definition) is 2. The summed E-state index contributed by atoms with van der Waals surface area (Å²) in [5, 5.41) is 0. The third-order valence-electron chi connectivity index (χ3n) is 8.31. The van der Waals surface area contributed by atoms with E-state index in [0.29, 0.717) is 17.6 Å². The topological polar surface area (TPSA) is 43.1 Å². The standard InChI is InChI=1S/C20H31NO/c1-12-8-11-20(21)15(12)5-4-14-17-7-6-16(13(2)22)19(17,3)10-9-18(14)20/h14,16-18H,4-11,21H2,1-3H3/t14?,16-,17+,18+,19-,20-/m0/s1. The van der Waals surface area contributed by atoms with Gasteiger partial charge in [0.1, 0.15) is 5.78 Å². The van der Waals surface area contributed by atoms with Gasteiger partial charge < -0.3 is 5.73 Å². The zero-order valence-corrected chi connectivity index (χ0v) is 14.5. The molecule has 6 atom stereocenters. The molecule has 0 spiro atoms. The van der Waals surface area contributed by atoms with E-state index in [0.717, 1.165) is 18.3 Å². The number of rotatable bonds is 1. The molecule has 3 fully saturated rings. The van der Waals surface area contributed by atoms with E-state index in [1.54, 1.807) is 11.1 Å². The SMILES string of the molecule is CC(=O)[C@@H]1CC[C@@H]2C3CCC4=C(C)CC[C@@]4(N)[C@@H]3CC[C@]21C. The fourth-order valence-electron chi connectivity index (χ4n) is 7.26. The zero-order chi connectivity index (χ0) is 15.7. The van der Waals surface area contributed by atoms with Gasteiger partial charge in [0.05, 0.1) is 0 Å². The number of carbonyl (C=O) groups is 1. The first-order chi connectivity index (χ1) is 10.4. The quantitative estimate of drug-likeness (QED) is 0.736. The van der Waals surface area contributed by atoms with Crippen molar-refractivity contribution < 1.29 is 4.79 Å². The molecule has 3 saturated carbocycles. The van der Waals surface area contributed by atoms with Crippen molar-refractivity contribution in [2.45, 2.75) is 77.7 Å². The van der Waals surface area contributed by atoms with Crippen LogP contribution in [0.25, 0.3) is 0 Å². The third kappa shape index (κ3) is 1.74. The molecule has 0 saturated heterocycles. The van der Waals surface area contributed by atoms with Crippen molar-refractivity contribution in [2.24, 2.45) is 34.8 Å². The third-order valence-corrected chi connectivity index (χ3v) is 8.31. The highest BCUT2D eigenvalue weighted by atomic mass is 16.1. The predicted molar refractivity (Wildman–Crippen MR) is 89.3 cm³/mol. The van der Waals surface area contributed by atoms with Gasteiger partial charge in [0, 0.05) is 11.5 Å². The van der Waals surface area contributed by atoms with Crippen LogP contribution >= 0.6 is 0 Å². The Hall–Kier alpha value is -0.630. The average molecular weight is 301 g/mol. The van der Waals surface area contributed by atoms with Gasteiger partial charge in [-0.3, -0.25) is 4.79 Å². The summed E-state index contributed by atoms with van der Waals surface area (Å²) in [6, 6.07) is 0. The minimum absolute atomic E-state index is 0.00262. The number of Topliss-reactive ketones (excluding diaryl/α,β-unsaturated/α-hetero) is 1. The van der Waals surface area contributed by atoms with Crippen molar-refractivity contribution in [1.29, 1.82) is 0 Å². The maximum absolute atomic E-state index is 12.1. The molecule has 1 unspecified atom stereocenters. The molecule has 2 nitrogen and oxygen atoms in total. The van der Waals surface area contributed by atoms with E-state index in [2.05, 4.69) is 13.8 Å². The molecular weight excluding hydrogens is 270 g/mol. The monoisotopic (exact) mass is 301 g/mol. The van der Waals surface area contributed by atoms with Crippen LogP contribution in [-0.2, 0) is 4.79 Å². The normalized spacial score (nSPS) is 50.5. The van der Waals surface area contributed by atoms with Gasteiger partial charge >= 0.3 is 0 Å². The second-order valence-electron chi connectivity index (χ2n) is 9.00. The highest BCUT2D eigenvalue weighted by Gasteiger charge is 2.60. The lowest BCUT2D eigenvalue weighted by Crippen LogP contribution is -2.57. The smallest absolute Gasteiger partial charge is 0.133 e. The fraction of sp³-hybridized carbons (Fsp3) is 0.850. The molecular formula is C20H31NO. The second kappa shape index (κ2) is 4.69. The van der Waals surface area contributed by atoms with Gasteiger partial charge in [-0.25, -0.2) is 0 Å². The van der Waals surface area contributed by atoms with Crippen molar-refractivity contribution in [2.75, 3.05) is 0 Å². The molecule has 0 heterocycles. The Morgan fingerprint density at radius 3 is 2.59 bits per heavy atom. The van der Waals surface area contributed by atoms with Gasteiger partial charge in [0.2, 0.25) is 0 Å². The number of hydrogen-bond donors (Lipinski definition) is 1. The molecule has 122 valence electrons. The number of nitrogens with two attached hydrogens (primary N) is 1. The van der Waals surface area contributed by atoms with Crippen LogP contribution < -0.4 is 5.73 Å². The van der Waals surface area contributed by atoms with Crippen molar-refractivity contribution in [3.8, 4) is 0 Å². The van der Waals surface area contributed by atoms with Crippen LogP contribution in [-0.4, -0.2) is 11.3 Å². The Morgan fingerprint density at radius 1 is 1.09 bits per heavy atom. The molecule has 2 heteroatoms. The second-order valence-corrected chi connectivity index (χ2v) is 9.00. The number of allylic oxidation sites excluding steroid dienone is 1. The molecule has 0 amide bonds. The summed E-state index contributed by atoms with van der Waals surface area (Å²) >= 11 is 0. The maximum Gasteiger partial charge on any atom is 0.133 e. The van der Waals surface area contributed by atoms with Crippen molar-refractivity contribution in [1.82, 2.24) is 0 Å². The van der Waals surface area contributed by atoms with E-state index in [-0.39, 0.29) is 11.0 Å². The molecule has 0 aromatic heterocycles. The molecule has 22 heavy (non-hydrogen) atoms. The predicted octanol–water partition coefficient (Wildman–Crippen LogP) is 4.24. The Kier molecular flexibility index (Phi) is 3.18. The molecule has 0 aromatic rings. The number of fused-ring (bicyclic) bond motifs is 5. The molecule has 4 rings (SSSR count). The Bertz CT molecular complexity index is 550. The zero-order valence-electron chi connectivity index (χ0n) is 14.5. The first-order valence-electron chi connectivity index (χ1n) is 9.36. The first kappa shape index (κ1) is 14.9. The first-order valence-corrected chi connectivity index (χ1v) is 9.36. The molecule has 0 aliphatic heterocycles. The lowest BCUT2D eigenvalue weighted by molar-refractivity contribution is -0.126. The molecule has 0 bridgehead atoms. The van der Waals surface area contributed by atoms with E-state index in [4.69, 9.17) is 5.73 Å². The summed E-state index contributed by atoms with van der Waals surface area (Å²) in [5.41, 5.74) is 10.5. The summed E-state index contributed by atoms with van der Waals surface area (Å²) in [4.78, 5) is 12.1. The highest BCUT2D eigenvalue weighted by Crippen LogP contribution is 2.64. The van der Waals surface area contributed by atoms with Gasteiger partial charge in [-0.15, -0.1) is 0 Å². The number of carbonyl (C=O) groups excluding carboxylic acids is 1. The summed E-state index contributed by atoms with van der Waals surface area (Å²) < 4.78 is 0. The molecule has 4 aliphatic carbocycles. The van der Waals surface area contributed by atoms with Crippen LogP contribution in [0.1, 0.15) is 72.1 Å². The number of ketones is 1. The van der Waals surface area contributed by atoms with Crippen LogP contribution in [0.2, 0.25) is 0 Å². The van der Waals surface area contributed by atoms with E-state index in [9.17, 15) is 4.79 Å².